The molecule has 1 aromatic carbocycles. The Morgan fingerprint density at radius 3 is 2.52 bits per heavy atom. The Labute approximate surface area is 126 Å². The number of rotatable bonds is 8. The van der Waals surface area contributed by atoms with E-state index in [2.05, 4.69) is 5.32 Å². The summed E-state index contributed by atoms with van der Waals surface area (Å²) < 4.78 is 5.30. The Morgan fingerprint density at radius 1 is 1.29 bits per heavy atom. The molecule has 5 nitrogen and oxygen atoms in total. The Balaban J connectivity index is 2.40. The third kappa shape index (κ3) is 6.40. The highest BCUT2D eigenvalue weighted by Gasteiger charge is 2.19. The van der Waals surface area contributed by atoms with Gasteiger partial charge in [-0.1, -0.05) is 44.2 Å². The van der Waals surface area contributed by atoms with Gasteiger partial charge in [-0.25, -0.2) is 0 Å². The smallest absolute Gasteiger partial charge is 0.310 e. The van der Waals surface area contributed by atoms with Crippen LogP contribution in [-0.2, 0) is 20.9 Å². The van der Waals surface area contributed by atoms with Gasteiger partial charge in [0.1, 0.15) is 6.61 Å². The largest absolute Gasteiger partial charge is 0.461 e. The fraction of sp³-hybridized carbons (Fsp3) is 0.500. The monoisotopic (exact) mass is 292 g/mol. The molecule has 0 fully saturated rings. The lowest BCUT2D eigenvalue weighted by molar-refractivity contribution is -0.150. The molecule has 1 amide bonds. The maximum Gasteiger partial charge on any atom is 0.310 e. The average molecular weight is 292 g/mol. The second kappa shape index (κ2) is 9.13. The number of nitrogens with zero attached hydrogens (tertiary/aromatic N) is 1. The molecular weight excluding hydrogens is 268 g/mol. The van der Waals surface area contributed by atoms with E-state index in [-0.39, 0.29) is 24.4 Å². The van der Waals surface area contributed by atoms with Crippen molar-refractivity contribution in [2.45, 2.75) is 20.5 Å². The lowest BCUT2D eigenvalue weighted by Gasteiger charge is -2.22. The van der Waals surface area contributed by atoms with Crippen LogP contribution in [0.4, 0.5) is 0 Å². The van der Waals surface area contributed by atoms with Gasteiger partial charge in [0.15, 0.2) is 0 Å². The number of amides is 1. The molecule has 5 heteroatoms. The highest BCUT2D eigenvalue weighted by Crippen LogP contribution is 2.06. The van der Waals surface area contributed by atoms with Crippen LogP contribution in [0.1, 0.15) is 19.4 Å². The summed E-state index contributed by atoms with van der Waals surface area (Å²) >= 11 is 0. The maximum absolute atomic E-state index is 12.0. The zero-order valence-corrected chi connectivity index (χ0v) is 13.0. The molecule has 0 heterocycles. The number of carbonyl (C=O) groups is 2. The molecule has 0 saturated carbocycles. The van der Waals surface area contributed by atoms with Gasteiger partial charge in [0.2, 0.25) is 5.91 Å². The van der Waals surface area contributed by atoms with E-state index in [1.54, 1.807) is 7.05 Å². The molecule has 1 atom stereocenters. The number of likely N-dealkylation sites (N-methyl/N-ethyl adjacent to an activating group) is 2. The van der Waals surface area contributed by atoms with Crippen LogP contribution in [0.15, 0.2) is 30.3 Å². The molecule has 1 rings (SSSR count). The van der Waals surface area contributed by atoms with Gasteiger partial charge in [-0.2, -0.15) is 0 Å². The fourth-order valence-electron chi connectivity index (χ4n) is 1.92. The summed E-state index contributed by atoms with van der Waals surface area (Å²) in [5, 5.41) is 2.58. The standard InChI is InChI=1S/C16H24N2O3/c1-4-18(11-15(19)17-3)10-13(2)16(20)21-12-14-8-6-5-7-9-14/h5-9,13H,4,10-12H2,1-3H3,(H,17,19). The van der Waals surface area contributed by atoms with E-state index in [0.717, 1.165) is 5.56 Å². The van der Waals surface area contributed by atoms with E-state index >= 15 is 0 Å². The van der Waals surface area contributed by atoms with Gasteiger partial charge >= 0.3 is 5.97 Å². The lowest BCUT2D eigenvalue weighted by atomic mass is 10.1. The molecule has 0 spiro atoms. The minimum atomic E-state index is -0.265. The van der Waals surface area contributed by atoms with Crippen LogP contribution in [0.5, 0.6) is 0 Å². The van der Waals surface area contributed by atoms with Crippen molar-refractivity contribution in [2.24, 2.45) is 5.92 Å². The zero-order valence-electron chi connectivity index (χ0n) is 13.0. The molecule has 0 aliphatic carbocycles. The summed E-state index contributed by atoms with van der Waals surface area (Å²) in [6.07, 6.45) is 0. The zero-order chi connectivity index (χ0) is 15.7. The maximum atomic E-state index is 12.0. The van der Waals surface area contributed by atoms with Crippen molar-refractivity contribution in [3.63, 3.8) is 0 Å². The van der Waals surface area contributed by atoms with Gasteiger partial charge in [-0.15, -0.1) is 0 Å². The molecule has 0 bridgehead atoms. The Kier molecular flexibility index (Phi) is 7.46. The number of esters is 1. The number of hydrogen-bond donors (Lipinski definition) is 1. The predicted octanol–water partition coefficient (Wildman–Crippen LogP) is 1.43. The number of ether oxygens (including phenoxy) is 1. The number of benzene rings is 1. The molecule has 0 saturated heterocycles. The third-order valence-electron chi connectivity index (χ3n) is 3.25. The average Bonchev–Trinajstić information content (AvgIpc) is 2.52. The molecule has 1 N–H and O–H groups in total. The Bertz CT molecular complexity index is 448. The number of nitrogens with one attached hydrogen (secondary N) is 1. The molecule has 0 radical (unpaired) electrons. The summed E-state index contributed by atoms with van der Waals surface area (Å²) in [7, 11) is 1.60. The van der Waals surface area contributed by atoms with Crippen LogP contribution in [0.25, 0.3) is 0 Å². The number of hydrogen-bond acceptors (Lipinski definition) is 4. The van der Waals surface area contributed by atoms with E-state index < -0.39 is 0 Å². The van der Waals surface area contributed by atoms with E-state index in [4.69, 9.17) is 4.74 Å². The Hall–Kier alpha value is -1.88. The first-order valence-electron chi connectivity index (χ1n) is 7.20. The van der Waals surface area contributed by atoms with E-state index in [1.165, 1.54) is 0 Å². The van der Waals surface area contributed by atoms with Crippen molar-refractivity contribution in [1.29, 1.82) is 0 Å². The summed E-state index contributed by atoms with van der Waals surface area (Å²) in [4.78, 5) is 25.3. The summed E-state index contributed by atoms with van der Waals surface area (Å²) in [5.41, 5.74) is 0.968. The van der Waals surface area contributed by atoms with Crippen molar-refractivity contribution >= 4 is 11.9 Å². The van der Waals surface area contributed by atoms with Gasteiger partial charge in [-0.3, -0.25) is 14.5 Å². The van der Waals surface area contributed by atoms with Crippen LogP contribution in [-0.4, -0.2) is 43.5 Å². The third-order valence-corrected chi connectivity index (χ3v) is 3.25. The van der Waals surface area contributed by atoms with Crippen molar-refractivity contribution in [1.82, 2.24) is 10.2 Å². The van der Waals surface area contributed by atoms with Crippen LogP contribution < -0.4 is 5.32 Å². The first kappa shape index (κ1) is 17.2. The van der Waals surface area contributed by atoms with Crippen LogP contribution in [0.2, 0.25) is 0 Å². The van der Waals surface area contributed by atoms with E-state index in [0.29, 0.717) is 19.6 Å². The van der Waals surface area contributed by atoms with Crippen molar-refractivity contribution < 1.29 is 14.3 Å². The molecular formula is C16H24N2O3. The molecule has 1 aromatic rings. The second-order valence-electron chi connectivity index (χ2n) is 5.00. The van der Waals surface area contributed by atoms with Gasteiger partial charge in [-0.05, 0) is 12.1 Å². The quantitative estimate of drug-likeness (QED) is 0.737. The predicted molar refractivity (Wildman–Crippen MR) is 81.6 cm³/mol. The summed E-state index contributed by atoms with van der Waals surface area (Å²) in [6, 6.07) is 9.58. The topological polar surface area (TPSA) is 58.6 Å². The second-order valence-corrected chi connectivity index (χ2v) is 5.00. The minimum absolute atomic E-state index is 0.0540. The fourth-order valence-corrected chi connectivity index (χ4v) is 1.92. The highest BCUT2D eigenvalue weighted by molar-refractivity contribution is 5.77. The van der Waals surface area contributed by atoms with Crippen molar-refractivity contribution in [3.05, 3.63) is 35.9 Å². The van der Waals surface area contributed by atoms with E-state index in [9.17, 15) is 9.59 Å². The van der Waals surface area contributed by atoms with Crippen molar-refractivity contribution in [2.75, 3.05) is 26.7 Å². The van der Waals surface area contributed by atoms with Crippen molar-refractivity contribution in [3.8, 4) is 0 Å². The normalized spacial score (nSPS) is 12.0. The molecule has 0 aliphatic rings. The Morgan fingerprint density at radius 2 is 1.95 bits per heavy atom. The SMILES string of the molecule is CCN(CC(=O)NC)CC(C)C(=O)OCc1ccccc1. The van der Waals surface area contributed by atoms with Gasteiger partial charge < -0.3 is 10.1 Å². The van der Waals surface area contributed by atoms with Gasteiger partial charge in [0, 0.05) is 13.6 Å². The minimum Gasteiger partial charge on any atom is -0.461 e. The molecule has 0 aliphatic heterocycles. The van der Waals surface area contributed by atoms with Gasteiger partial charge in [0.05, 0.1) is 12.5 Å². The number of carbonyl (C=O) groups excluding carboxylic acids is 2. The molecule has 0 aromatic heterocycles. The first-order chi connectivity index (χ1) is 10.1. The highest BCUT2D eigenvalue weighted by atomic mass is 16.5. The molecule has 116 valence electrons. The molecule has 21 heavy (non-hydrogen) atoms. The van der Waals surface area contributed by atoms with Crippen LogP contribution >= 0.6 is 0 Å². The van der Waals surface area contributed by atoms with E-state index in [1.807, 2.05) is 49.1 Å². The molecule has 1 unspecified atom stereocenters. The summed E-state index contributed by atoms with van der Waals surface area (Å²) in [5.74, 6) is -0.561. The van der Waals surface area contributed by atoms with Crippen LogP contribution in [0.3, 0.4) is 0 Å². The summed E-state index contributed by atoms with van der Waals surface area (Å²) in [6.45, 7) is 5.58. The van der Waals surface area contributed by atoms with Gasteiger partial charge in [0.25, 0.3) is 0 Å². The first-order valence-corrected chi connectivity index (χ1v) is 7.20. The van der Waals surface area contributed by atoms with Crippen LogP contribution in [0, 0.1) is 5.92 Å². The lowest BCUT2D eigenvalue weighted by Crippen LogP contribution is -2.39.